The number of aromatic nitrogens is 1. The number of carboxylic acid groups (broad SMARTS) is 1. The smallest absolute Gasteiger partial charge is 0.337 e. The normalized spacial score (nSPS) is 9.65. The Morgan fingerprint density at radius 2 is 2.00 bits per heavy atom. The van der Waals surface area contributed by atoms with Crippen LogP contribution in [0.2, 0.25) is 0 Å². The summed E-state index contributed by atoms with van der Waals surface area (Å²) >= 11 is 0. The zero-order valence-electron chi connectivity index (χ0n) is 9.99. The first-order valence-electron chi connectivity index (χ1n) is 5.38. The summed E-state index contributed by atoms with van der Waals surface area (Å²) in [5.41, 5.74) is 1.00. The highest BCUT2D eigenvalue weighted by atomic mass is 19.1. The molecule has 2 rings (SSSR count). The Kier molecular flexibility index (Phi) is 4.15. The Balaban J connectivity index is 0.000000686. The van der Waals surface area contributed by atoms with E-state index in [9.17, 15) is 9.18 Å². The van der Waals surface area contributed by atoms with Crippen molar-refractivity contribution in [2.75, 3.05) is 0 Å². The van der Waals surface area contributed by atoms with E-state index in [1.165, 1.54) is 12.3 Å². The summed E-state index contributed by atoms with van der Waals surface area (Å²) in [6.45, 7) is 5.78. The lowest BCUT2D eigenvalue weighted by Gasteiger charge is -2.03. The van der Waals surface area contributed by atoms with E-state index in [0.29, 0.717) is 0 Å². The molecule has 2 aromatic rings. The molecule has 17 heavy (non-hydrogen) atoms. The number of carboxylic acids is 1. The molecule has 0 unspecified atom stereocenters. The van der Waals surface area contributed by atoms with Gasteiger partial charge in [-0.05, 0) is 30.7 Å². The van der Waals surface area contributed by atoms with Crippen LogP contribution < -0.4 is 0 Å². The molecule has 0 fully saturated rings. The molecule has 1 heterocycles. The second-order valence-corrected chi connectivity index (χ2v) is 3.31. The predicted molar refractivity (Wildman–Crippen MR) is 64.7 cm³/mol. The van der Waals surface area contributed by atoms with Gasteiger partial charge in [-0.15, -0.1) is 0 Å². The number of rotatable bonds is 1. The molecule has 0 radical (unpaired) electrons. The van der Waals surface area contributed by atoms with Crippen molar-refractivity contribution in [3.8, 4) is 0 Å². The highest BCUT2D eigenvalue weighted by Gasteiger charge is 2.12. The number of hydrogen-bond acceptors (Lipinski definition) is 2. The molecule has 0 spiro atoms. The highest BCUT2D eigenvalue weighted by molar-refractivity contribution is 6.01. The maximum absolute atomic E-state index is 13.4. The minimum absolute atomic E-state index is 0.0198. The van der Waals surface area contributed by atoms with Crippen LogP contribution in [0.15, 0.2) is 24.4 Å². The molecule has 0 aliphatic carbocycles. The SMILES string of the molecule is CC.Cc1cnc2c(C(=O)O)ccc(F)c2c1. The van der Waals surface area contributed by atoms with Gasteiger partial charge < -0.3 is 5.11 Å². The van der Waals surface area contributed by atoms with Crippen molar-refractivity contribution >= 4 is 16.9 Å². The van der Waals surface area contributed by atoms with Crippen molar-refractivity contribution in [2.45, 2.75) is 20.8 Å². The first-order chi connectivity index (χ1) is 8.09. The average molecular weight is 235 g/mol. The molecule has 0 atom stereocenters. The van der Waals surface area contributed by atoms with Gasteiger partial charge in [0.05, 0.1) is 11.1 Å². The van der Waals surface area contributed by atoms with Gasteiger partial charge in [-0.25, -0.2) is 9.18 Å². The summed E-state index contributed by atoms with van der Waals surface area (Å²) in [5, 5.41) is 9.13. The van der Waals surface area contributed by atoms with E-state index in [4.69, 9.17) is 5.11 Å². The van der Waals surface area contributed by atoms with Crippen molar-refractivity contribution < 1.29 is 14.3 Å². The summed E-state index contributed by atoms with van der Waals surface area (Å²) < 4.78 is 13.4. The van der Waals surface area contributed by atoms with Crippen LogP contribution in [0.3, 0.4) is 0 Å². The molecular weight excluding hydrogens is 221 g/mol. The van der Waals surface area contributed by atoms with Crippen LogP contribution in [0, 0.1) is 12.7 Å². The molecular formula is C13H14FNO2. The van der Waals surface area contributed by atoms with Crippen LogP contribution in [0.1, 0.15) is 29.8 Å². The second-order valence-electron chi connectivity index (χ2n) is 3.31. The zero-order valence-corrected chi connectivity index (χ0v) is 9.99. The Bertz CT molecular complexity index is 552. The van der Waals surface area contributed by atoms with Gasteiger partial charge in [0.25, 0.3) is 0 Å². The average Bonchev–Trinajstić information content (AvgIpc) is 2.32. The lowest BCUT2D eigenvalue weighted by Crippen LogP contribution is -2.00. The van der Waals surface area contributed by atoms with E-state index in [-0.39, 0.29) is 16.5 Å². The van der Waals surface area contributed by atoms with Crippen LogP contribution >= 0.6 is 0 Å². The fraction of sp³-hybridized carbons (Fsp3) is 0.231. The van der Waals surface area contributed by atoms with Crippen LogP contribution in [-0.4, -0.2) is 16.1 Å². The van der Waals surface area contributed by atoms with Crippen molar-refractivity contribution in [3.63, 3.8) is 0 Å². The summed E-state index contributed by atoms with van der Waals surface area (Å²) in [4.78, 5) is 14.8. The monoisotopic (exact) mass is 235 g/mol. The summed E-state index contributed by atoms with van der Waals surface area (Å²) in [5.74, 6) is -1.55. The maximum atomic E-state index is 13.4. The standard InChI is InChI=1S/C11H8FNO2.C2H6/c1-6-4-8-9(12)3-2-7(11(14)15)10(8)13-5-6;1-2/h2-5H,1H3,(H,14,15);1-2H3. The van der Waals surface area contributed by atoms with Crippen LogP contribution in [-0.2, 0) is 0 Å². The minimum Gasteiger partial charge on any atom is -0.478 e. The van der Waals surface area contributed by atoms with Gasteiger partial charge in [0.1, 0.15) is 5.82 Å². The van der Waals surface area contributed by atoms with Gasteiger partial charge in [0.15, 0.2) is 0 Å². The van der Waals surface area contributed by atoms with Crippen LogP contribution in [0.4, 0.5) is 4.39 Å². The lowest BCUT2D eigenvalue weighted by molar-refractivity contribution is 0.0699. The Hall–Kier alpha value is -1.97. The summed E-state index contributed by atoms with van der Waals surface area (Å²) in [7, 11) is 0. The van der Waals surface area contributed by atoms with Crippen molar-refractivity contribution in [2.24, 2.45) is 0 Å². The van der Waals surface area contributed by atoms with Crippen molar-refractivity contribution in [3.05, 3.63) is 41.3 Å². The summed E-state index contributed by atoms with van der Waals surface area (Å²) in [6.07, 6.45) is 1.52. The molecule has 0 bridgehead atoms. The first kappa shape index (κ1) is 13.1. The quantitative estimate of drug-likeness (QED) is 0.824. The molecule has 0 saturated carbocycles. The molecule has 3 nitrogen and oxygen atoms in total. The van der Waals surface area contributed by atoms with E-state index in [2.05, 4.69) is 4.98 Å². The number of carbonyl (C=O) groups is 1. The number of hydrogen-bond donors (Lipinski definition) is 1. The van der Waals surface area contributed by atoms with Gasteiger partial charge in [0.2, 0.25) is 0 Å². The van der Waals surface area contributed by atoms with E-state index in [1.54, 1.807) is 13.0 Å². The number of fused-ring (bicyclic) bond motifs is 1. The fourth-order valence-corrected chi connectivity index (χ4v) is 1.46. The molecule has 0 aliphatic rings. The lowest BCUT2D eigenvalue weighted by atomic mass is 10.1. The molecule has 1 aromatic carbocycles. The van der Waals surface area contributed by atoms with Crippen molar-refractivity contribution in [1.29, 1.82) is 0 Å². The van der Waals surface area contributed by atoms with E-state index < -0.39 is 11.8 Å². The zero-order chi connectivity index (χ0) is 13.0. The molecule has 1 N–H and O–H groups in total. The highest BCUT2D eigenvalue weighted by Crippen LogP contribution is 2.20. The minimum atomic E-state index is -1.10. The number of benzene rings is 1. The molecule has 90 valence electrons. The van der Waals surface area contributed by atoms with Gasteiger partial charge in [0, 0.05) is 11.6 Å². The third-order valence-corrected chi connectivity index (χ3v) is 2.16. The number of pyridine rings is 1. The number of halogens is 1. The molecule has 0 aliphatic heterocycles. The fourth-order valence-electron chi connectivity index (χ4n) is 1.46. The molecule has 4 heteroatoms. The number of aromatic carboxylic acids is 1. The Labute approximate surface area is 98.9 Å². The van der Waals surface area contributed by atoms with Crippen LogP contribution in [0.5, 0.6) is 0 Å². The molecule has 1 aromatic heterocycles. The largest absolute Gasteiger partial charge is 0.478 e. The van der Waals surface area contributed by atoms with E-state index >= 15 is 0 Å². The van der Waals surface area contributed by atoms with Gasteiger partial charge in [-0.3, -0.25) is 4.98 Å². The van der Waals surface area contributed by atoms with Crippen molar-refractivity contribution in [1.82, 2.24) is 4.98 Å². The third kappa shape index (κ3) is 2.58. The topological polar surface area (TPSA) is 50.2 Å². The van der Waals surface area contributed by atoms with E-state index in [1.807, 2.05) is 13.8 Å². The Morgan fingerprint density at radius 1 is 1.35 bits per heavy atom. The van der Waals surface area contributed by atoms with Crippen LogP contribution in [0.25, 0.3) is 10.9 Å². The van der Waals surface area contributed by atoms with Gasteiger partial charge in [-0.2, -0.15) is 0 Å². The number of aryl methyl sites for hydroxylation is 1. The predicted octanol–water partition coefficient (Wildman–Crippen LogP) is 3.41. The third-order valence-electron chi connectivity index (χ3n) is 2.16. The maximum Gasteiger partial charge on any atom is 0.337 e. The summed E-state index contributed by atoms with van der Waals surface area (Å²) in [6, 6.07) is 3.96. The Morgan fingerprint density at radius 3 is 2.59 bits per heavy atom. The van der Waals surface area contributed by atoms with E-state index in [0.717, 1.165) is 11.6 Å². The second kappa shape index (κ2) is 5.39. The number of nitrogens with zero attached hydrogens (tertiary/aromatic N) is 1. The molecule has 0 amide bonds. The van der Waals surface area contributed by atoms with Gasteiger partial charge >= 0.3 is 5.97 Å². The van der Waals surface area contributed by atoms with Gasteiger partial charge in [-0.1, -0.05) is 13.8 Å². The molecule has 0 saturated heterocycles. The first-order valence-corrected chi connectivity index (χ1v) is 5.38.